The number of aliphatic hydroxyl groups excluding tert-OH is 1. The van der Waals surface area contributed by atoms with Crippen LogP contribution in [0.1, 0.15) is 484 Å². The van der Waals surface area contributed by atoms with Crippen molar-refractivity contribution in [1.82, 2.24) is 0 Å². The van der Waals surface area contributed by atoms with E-state index in [2.05, 4.69) is 27.7 Å². The van der Waals surface area contributed by atoms with E-state index in [1.165, 1.54) is 315 Å². The minimum Gasteiger partial charge on any atom is -0.462 e. The van der Waals surface area contributed by atoms with Crippen molar-refractivity contribution in [3.63, 3.8) is 0 Å². The molecular formula is C88H172O17P2. The van der Waals surface area contributed by atoms with Gasteiger partial charge in [0.2, 0.25) is 0 Å². The zero-order valence-corrected chi connectivity index (χ0v) is 71.9. The zero-order chi connectivity index (χ0) is 78.1. The molecule has 0 spiro atoms. The molecule has 0 bridgehead atoms. The number of phosphoric ester groups is 2. The average molecular weight is 1560 g/mol. The molecule has 2 unspecified atom stereocenters. The summed E-state index contributed by atoms with van der Waals surface area (Å²) in [6, 6.07) is 0. The van der Waals surface area contributed by atoms with E-state index in [-0.39, 0.29) is 25.7 Å². The van der Waals surface area contributed by atoms with Gasteiger partial charge in [-0.15, -0.1) is 0 Å². The Bertz CT molecular complexity index is 2020. The van der Waals surface area contributed by atoms with Crippen molar-refractivity contribution in [2.75, 3.05) is 39.6 Å². The molecule has 0 aliphatic rings. The molecule has 0 aliphatic heterocycles. The third-order valence-electron chi connectivity index (χ3n) is 20.9. The van der Waals surface area contributed by atoms with Crippen molar-refractivity contribution in [2.45, 2.75) is 502 Å². The maximum atomic E-state index is 13.2. The molecule has 0 aromatic carbocycles. The first kappa shape index (κ1) is 105. The number of carbonyl (C=O) groups excluding carboxylic acids is 4. The summed E-state index contributed by atoms with van der Waals surface area (Å²) in [5.74, 6) is -2.09. The van der Waals surface area contributed by atoms with Crippen LogP contribution < -0.4 is 0 Å². The van der Waals surface area contributed by atoms with Gasteiger partial charge in [-0.2, -0.15) is 0 Å². The predicted octanol–water partition coefficient (Wildman–Crippen LogP) is 27.3. The fourth-order valence-corrected chi connectivity index (χ4v) is 15.5. The third-order valence-corrected chi connectivity index (χ3v) is 22.8. The molecular weight excluding hydrogens is 1390 g/mol. The van der Waals surface area contributed by atoms with Crippen LogP contribution in [-0.4, -0.2) is 96.7 Å². The van der Waals surface area contributed by atoms with E-state index in [1.54, 1.807) is 0 Å². The van der Waals surface area contributed by atoms with Crippen LogP contribution in [-0.2, 0) is 65.4 Å². The Hall–Kier alpha value is -1.94. The molecule has 0 aromatic rings. The quantitative estimate of drug-likeness (QED) is 0.0222. The van der Waals surface area contributed by atoms with Gasteiger partial charge in [0.25, 0.3) is 0 Å². The molecule has 0 fully saturated rings. The number of rotatable bonds is 89. The molecule has 17 nitrogen and oxygen atoms in total. The van der Waals surface area contributed by atoms with E-state index in [0.29, 0.717) is 25.7 Å². The number of ether oxygens (including phenoxy) is 4. The Balaban J connectivity index is 5.24. The summed E-state index contributed by atoms with van der Waals surface area (Å²) in [4.78, 5) is 73.3. The Morgan fingerprint density at radius 1 is 0.224 bits per heavy atom. The summed E-state index contributed by atoms with van der Waals surface area (Å²) >= 11 is 0. The van der Waals surface area contributed by atoms with Crippen LogP contribution in [0.25, 0.3) is 0 Å². The van der Waals surface area contributed by atoms with Crippen LogP contribution in [0.5, 0.6) is 0 Å². The smallest absolute Gasteiger partial charge is 0.462 e. The van der Waals surface area contributed by atoms with Crippen molar-refractivity contribution >= 4 is 39.5 Å². The molecule has 636 valence electrons. The minimum atomic E-state index is -4.97. The molecule has 0 amide bonds. The summed E-state index contributed by atoms with van der Waals surface area (Å²) in [7, 11) is -9.93. The maximum Gasteiger partial charge on any atom is 0.472 e. The summed E-state index contributed by atoms with van der Waals surface area (Å²) in [5, 5.41) is 10.7. The van der Waals surface area contributed by atoms with E-state index in [0.717, 1.165) is 89.9 Å². The standard InChI is InChI=1S/C88H172O17P2/c1-5-9-13-17-21-25-29-33-36-38-40-41-42-43-45-47-51-55-59-63-67-71-75-88(93)105-84(79-99-86(91)73-69-65-61-57-53-50-46-44-39-37-34-30-26-22-18-14-10-6-2)81-103-107(96,97)101-77-82(89)76-100-106(94,95)102-80-83(78-98-85(90)72-68-64-60-56-52-48-32-28-24-20-16-12-8-4)104-87(92)74-70-66-62-58-54-49-35-31-27-23-19-15-11-7-3/h82-84,89H,5-81H2,1-4H3,(H,94,95)(H,96,97)/t82-,83+,84+/m0/s1. The molecule has 0 aromatic heterocycles. The Labute approximate surface area is 658 Å². The minimum absolute atomic E-state index is 0.109. The SMILES string of the molecule is CCCCCCCCCCCCCCCCCCCCCCCCC(=O)O[C@H](COC(=O)CCCCCCCCCCCCCCCCCCCC)COP(=O)(O)OC[C@@H](O)COP(=O)(O)OC[C@@H](COC(=O)CCCCCCCCCCCCCCC)OC(=O)CCCCCCCCCCCCCCCC. The Morgan fingerprint density at radius 3 is 0.551 bits per heavy atom. The lowest BCUT2D eigenvalue weighted by Gasteiger charge is -2.21. The highest BCUT2D eigenvalue weighted by atomic mass is 31.2. The second-order valence-corrected chi connectivity index (χ2v) is 34.5. The molecule has 5 atom stereocenters. The lowest BCUT2D eigenvalue weighted by Crippen LogP contribution is -2.30. The molecule has 3 N–H and O–H groups in total. The highest BCUT2D eigenvalue weighted by molar-refractivity contribution is 7.47. The van der Waals surface area contributed by atoms with Gasteiger partial charge in [-0.1, -0.05) is 432 Å². The molecule has 0 heterocycles. The second kappa shape index (κ2) is 82.1. The molecule has 19 heteroatoms. The third kappa shape index (κ3) is 81.9. The van der Waals surface area contributed by atoms with Crippen LogP contribution >= 0.6 is 15.6 Å². The van der Waals surface area contributed by atoms with Gasteiger partial charge >= 0.3 is 39.5 Å². The van der Waals surface area contributed by atoms with Crippen LogP contribution in [0.2, 0.25) is 0 Å². The highest BCUT2D eigenvalue weighted by Gasteiger charge is 2.30. The average Bonchev–Trinajstić information content (AvgIpc) is 0.901. The van der Waals surface area contributed by atoms with E-state index in [9.17, 15) is 43.2 Å². The summed E-state index contributed by atoms with van der Waals surface area (Å²) in [6.07, 6.45) is 77.7. The van der Waals surface area contributed by atoms with Crippen LogP contribution in [0.4, 0.5) is 0 Å². The molecule has 0 saturated heterocycles. The Kier molecular flexibility index (Phi) is 80.6. The zero-order valence-electron chi connectivity index (χ0n) is 70.1. The van der Waals surface area contributed by atoms with Crippen molar-refractivity contribution in [1.29, 1.82) is 0 Å². The van der Waals surface area contributed by atoms with Gasteiger partial charge in [0.1, 0.15) is 19.3 Å². The first-order valence-corrected chi connectivity index (χ1v) is 48.8. The lowest BCUT2D eigenvalue weighted by atomic mass is 10.0. The summed E-state index contributed by atoms with van der Waals surface area (Å²) in [6.45, 7) is 5.07. The van der Waals surface area contributed by atoms with Crippen LogP contribution in [0.15, 0.2) is 0 Å². The van der Waals surface area contributed by atoms with E-state index in [1.807, 2.05) is 0 Å². The maximum absolute atomic E-state index is 13.2. The molecule has 0 aliphatic carbocycles. The lowest BCUT2D eigenvalue weighted by molar-refractivity contribution is -0.161. The van der Waals surface area contributed by atoms with Crippen molar-refractivity contribution in [2.24, 2.45) is 0 Å². The number of esters is 4. The number of carbonyl (C=O) groups is 4. The number of unbranched alkanes of at least 4 members (excludes halogenated alkanes) is 63. The fourth-order valence-electron chi connectivity index (χ4n) is 13.9. The fraction of sp³-hybridized carbons (Fsp3) is 0.955. The Morgan fingerprint density at radius 2 is 0.374 bits per heavy atom. The molecule has 107 heavy (non-hydrogen) atoms. The number of hydrogen-bond donors (Lipinski definition) is 3. The number of hydrogen-bond acceptors (Lipinski definition) is 15. The summed E-state index contributed by atoms with van der Waals surface area (Å²) < 4.78 is 69.0. The molecule has 0 radical (unpaired) electrons. The van der Waals surface area contributed by atoms with E-state index in [4.69, 9.17) is 37.0 Å². The first-order chi connectivity index (χ1) is 52.2. The second-order valence-electron chi connectivity index (χ2n) is 31.6. The van der Waals surface area contributed by atoms with Gasteiger partial charge in [-0.3, -0.25) is 37.3 Å². The van der Waals surface area contributed by atoms with Gasteiger partial charge in [0.05, 0.1) is 26.4 Å². The monoisotopic (exact) mass is 1560 g/mol. The molecule has 0 saturated carbocycles. The first-order valence-electron chi connectivity index (χ1n) is 45.8. The summed E-state index contributed by atoms with van der Waals surface area (Å²) in [5.41, 5.74) is 0. The highest BCUT2D eigenvalue weighted by Crippen LogP contribution is 2.45. The van der Waals surface area contributed by atoms with E-state index >= 15 is 0 Å². The van der Waals surface area contributed by atoms with Gasteiger partial charge in [0, 0.05) is 25.7 Å². The van der Waals surface area contributed by atoms with Gasteiger partial charge in [0.15, 0.2) is 12.2 Å². The van der Waals surface area contributed by atoms with Crippen LogP contribution in [0, 0.1) is 0 Å². The van der Waals surface area contributed by atoms with E-state index < -0.39 is 97.5 Å². The number of aliphatic hydroxyl groups is 1. The van der Waals surface area contributed by atoms with Crippen molar-refractivity contribution in [3.05, 3.63) is 0 Å². The van der Waals surface area contributed by atoms with Gasteiger partial charge < -0.3 is 33.8 Å². The largest absolute Gasteiger partial charge is 0.472 e. The van der Waals surface area contributed by atoms with Gasteiger partial charge in [-0.25, -0.2) is 9.13 Å². The topological polar surface area (TPSA) is 237 Å². The van der Waals surface area contributed by atoms with Gasteiger partial charge in [-0.05, 0) is 25.7 Å². The van der Waals surface area contributed by atoms with Crippen LogP contribution in [0.3, 0.4) is 0 Å². The molecule has 0 rings (SSSR count). The van der Waals surface area contributed by atoms with Crippen molar-refractivity contribution < 1.29 is 80.2 Å². The predicted molar refractivity (Wildman–Crippen MR) is 442 cm³/mol. The van der Waals surface area contributed by atoms with Crippen molar-refractivity contribution in [3.8, 4) is 0 Å². The number of phosphoric acid groups is 2. The normalized spacial score (nSPS) is 13.7.